The molecule has 1 heterocycles. The standard InChI is InChI=1S/C10H19N4O2.ClH/c1-12-9(4-5-10(12)13(15)16)8-14(2,3)7-6-11;/h4-5H,6-8,11H2,1-3H3;1H/q+1;/p-1. The zero-order chi connectivity index (χ0) is 12.3. The second kappa shape index (κ2) is 6.00. The molecule has 0 unspecified atom stereocenters. The van der Waals surface area contributed by atoms with E-state index in [1.807, 2.05) is 0 Å². The van der Waals surface area contributed by atoms with Gasteiger partial charge in [-0.1, -0.05) is 0 Å². The molecule has 0 saturated heterocycles. The molecule has 1 aromatic heterocycles. The van der Waals surface area contributed by atoms with E-state index in [9.17, 15) is 10.1 Å². The Hall–Kier alpha value is -1.11. The summed E-state index contributed by atoms with van der Waals surface area (Å²) in [7, 11) is 5.84. The predicted molar refractivity (Wildman–Crippen MR) is 61.8 cm³/mol. The number of rotatable bonds is 5. The highest BCUT2D eigenvalue weighted by atomic mass is 35.5. The first-order chi connectivity index (χ1) is 7.37. The number of nitro groups is 1. The molecule has 0 atom stereocenters. The summed E-state index contributed by atoms with van der Waals surface area (Å²) in [5.41, 5.74) is 6.48. The number of nitrogens with zero attached hydrogens (tertiary/aromatic N) is 3. The van der Waals surface area contributed by atoms with Crippen molar-refractivity contribution in [2.45, 2.75) is 6.54 Å². The normalized spacial score (nSPS) is 11.1. The zero-order valence-electron chi connectivity index (χ0n) is 10.4. The molecule has 0 fully saturated rings. The fraction of sp³-hybridized carbons (Fsp3) is 0.600. The Morgan fingerprint density at radius 1 is 1.47 bits per heavy atom. The molecule has 0 amide bonds. The van der Waals surface area contributed by atoms with Crippen LogP contribution in [-0.4, -0.2) is 41.2 Å². The lowest BCUT2D eigenvalue weighted by Crippen LogP contribution is -3.00. The fourth-order valence-electron chi connectivity index (χ4n) is 1.75. The van der Waals surface area contributed by atoms with Gasteiger partial charge in [0.05, 0.1) is 27.7 Å². The van der Waals surface area contributed by atoms with E-state index in [1.54, 1.807) is 17.7 Å². The van der Waals surface area contributed by atoms with Gasteiger partial charge >= 0.3 is 5.82 Å². The van der Waals surface area contributed by atoms with E-state index in [0.717, 1.165) is 23.3 Å². The van der Waals surface area contributed by atoms with Crippen molar-refractivity contribution in [3.8, 4) is 0 Å². The van der Waals surface area contributed by atoms with E-state index < -0.39 is 0 Å². The number of likely N-dealkylation sites (N-methyl/N-ethyl adjacent to an activating group) is 1. The van der Waals surface area contributed by atoms with Crippen molar-refractivity contribution in [1.82, 2.24) is 4.57 Å². The average molecular weight is 263 g/mol. The number of hydrogen-bond donors (Lipinski definition) is 1. The van der Waals surface area contributed by atoms with Crippen LogP contribution in [0, 0.1) is 10.1 Å². The number of aromatic nitrogens is 1. The van der Waals surface area contributed by atoms with Crippen molar-refractivity contribution < 1.29 is 21.8 Å². The van der Waals surface area contributed by atoms with Crippen molar-refractivity contribution in [3.05, 3.63) is 27.9 Å². The highest BCUT2D eigenvalue weighted by Gasteiger charge is 2.22. The van der Waals surface area contributed by atoms with Crippen LogP contribution in [0.1, 0.15) is 5.69 Å². The maximum absolute atomic E-state index is 10.7. The zero-order valence-corrected chi connectivity index (χ0v) is 11.1. The van der Waals surface area contributed by atoms with Crippen molar-refractivity contribution >= 4 is 5.82 Å². The van der Waals surface area contributed by atoms with E-state index in [-0.39, 0.29) is 23.1 Å². The quantitative estimate of drug-likeness (QED) is 0.361. The molecule has 1 rings (SSSR count). The van der Waals surface area contributed by atoms with Gasteiger partial charge in [-0.2, -0.15) is 0 Å². The van der Waals surface area contributed by atoms with E-state index >= 15 is 0 Å². The Morgan fingerprint density at radius 2 is 2.06 bits per heavy atom. The number of nitrogens with two attached hydrogens (primary N) is 1. The topological polar surface area (TPSA) is 74.1 Å². The van der Waals surface area contributed by atoms with Crippen LogP contribution in [0.3, 0.4) is 0 Å². The summed E-state index contributed by atoms with van der Waals surface area (Å²) in [6.07, 6.45) is 0. The van der Waals surface area contributed by atoms with Crippen LogP contribution in [-0.2, 0) is 13.6 Å². The van der Waals surface area contributed by atoms with Gasteiger partial charge in [0.25, 0.3) is 0 Å². The minimum atomic E-state index is -0.369. The SMILES string of the molecule is Cn1c(C[N+](C)(C)CCN)ccc1[N+](=O)[O-].[Cl-]. The molecule has 0 aromatic carbocycles. The maximum atomic E-state index is 10.7. The Labute approximate surface area is 107 Å². The summed E-state index contributed by atoms with van der Waals surface area (Å²) in [6.45, 7) is 2.19. The Bertz CT molecular complexity index is 390. The third kappa shape index (κ3) is 3.99. The van der Waals surface area contributed by atoms with Gasteiger partial charge in [0.1, 0.15) is 6.54 Å². The second-order valence-corrected chi connectivity index (χ2v) is 4.61. The van der Waals surface area contributed by atoms with Gasteiger partial charge in [0.15, 0.2) is 5.69 Å². The van der Waals surface area contributed by atoms with Crippen LogP contribution in [0.25, 0.3) is 0 Å². The van der Waals surface area contributed by atoms with Crippen LogP contribution in [0.2, 0.25) is 0 Å². The molecular weight excluding hydrogens is 244 g/mol. The van der Waals surface area contributed by atoms with Gasteiger partial charge in [0.2, 0.25) is 0 Å². The molecule has 0 aliphatic rings. The van der Waals surface area contributed by atoms with Crippen LogP contribution in [0.4, 0.5) is 5.82 Å². The molecule has 2 N–H and O–H groups in total. The molecule has 17 heavy (non-hydrogen) atoms. The summed E-state index contributed by atoms with van der Waals surface area (Å²) < 4.78 is 2.35. The highest BCUT2D eigenvalue weighted by molar-refractivity contribution is 5.26. The van der Waals surface area contributed by atoms with Crippen LogP contribution < -0.4 is 18.1 Å². The first-order valence-electron chi connectivity index (χ1n) is 5.18. The molecule has 1 aromatic rings. The molecule has 0 saturated carbocycles. The molecule has 0 bridgehead atoms. The predicted octanol–water partition coefficient (Wildman–Crippen LogP) is -2.53. The van der Waals surface area contributed by atoms with Crippen LogP contribution in [0.5, 0.6) is 0 Å². The smallest absolute Gasteiger partial charge is 0.323 e. The number of halogens is 1. The highest BCUT2D eigenvalue weighted by Crippen LogP contribution is 2.17. The minimum Gasteiger partial charge on any atom is -1.00 e. The van der Waals surface area contributed by atoms with E-state index in [4.69, 9.17) is 5.73 Å². The number of hydrogen-bond acceptors (Lipinski definition) is 3. The maximum Gasteiger partial charge on any atom is 0.323 e. The largest absolute Gasteiger partial charge is 1.00 e. The van der Waals surface area contributed by atoms with E-state index in [0.29, 0.717) is 6.54 Å². The molecule has 6 nitrogen and oxygen atoms in total. The van der Waals surface area contributed by atoms with Gasteiger partial charge in [-0.25, -0.2) is 4.57 Å². The van der Waals surface area contributed by atoms with Crippen molar-refractivity contribution in [2.75, 3.05) is 27.2 Å². The van der Waals surface area contributed by atoms with E-state index in [2.05, 4.69) is 14.1 Å². The first kappa shape index (κ1) is 15.9. The molecule has 0 aliphatic heterocycles. The van der Waals surface area contributed by atoms with Gasteiger partial charge in [0, 0.05) is 12.6 Å². The van der Waals surface area contributed by atoms with Crippen molar-refractivity contribution in [1.29, 1.82) is 0 Å². The summed E-state index contributed by atoms with van der Waals surface area (Å²) >= 11 is 0. The van der Waals surface area contributed by atoms with Gasteiger partial charge in [-0.3, -0.25) is 0 Å². The first-order valence-corrected chi connectivity index (χ1v) is 5.18. The van der Waals surface area contributed by atoms with Gasteiger partial charge in [-0.05, 0) is 11.0 Å². The van der Waals surface area contributed by atoms with E-state index in [1.165, 1.54) is 6.07 Å². The van der Waals surface area contributed by atoms with Crippen molar-refractivity contribution in [2.24, 2.45) is 12.8 Å². The van der Waals surface area contributed by atoms with Gasteiger partial charge in [-0.15, -0.1) is 0 Å². The summed E-state index contributed by atoms with van der Waals surface area (Å²) in [6, 6.07) is 3.34. The second-order valence-electron chi connectivity index (χ2n) is 4.61. The molecular formula is C10H19ClN4O2. The third-order valence-electron chi connectivity index (χ3n) is 2.71. The summed E-state index contributed by atoms with van der Waals surface area (Å²) in [5.74, 6) is 0.128. The Kier molecular flexibility index (Phi) is 5.60. The number of quaternary nitrogens is 1. The summed E-state index contributed by atoms with van der Waals surface area (Å²) in [4.78, 5) is 10.3. The van der Waals surface area contributed by atoms with Gasteiger partial charge < -0.3 is 32.7 Å². The molecule has 7 heteroatoms. The summed E-state index contributed by atoms with van der Waals surface area (Å²) in [5, 5.41) is 10.7. The van der Waals surface area contributed by atoms with Crippen LogP contribution in [0.15, 0.2) is 12.1 Å². The van der Waals surface area contributed by atoms with Crippen LogP contribution >= 0.6 is 0 Å². The lowest BCUT2D eigenvalue weighted by Gasteiger charge is -2.28. The third-order valence-corrected chi connectivity index (χ3v) is 2.71. The van der Waals surface area contributed by atoms with Crippen molar-refractivity contribution in [3.63, 3.8) is 0 Å². The lowest BCUT2D eigenvalue weighted by molar-refractivity contribution is -0.902. The molecule has 98 valence electrons. The minimum absolute atomic E-state index is 0. The molecule has 0 radical (unpaired) electrons. The monoisotopic (exact) mass is 262 g/mol. The Balaban J connectivity index is 0.00000256. The average Bonchev–Trinajstić information content (AvgIpc) is 2.47. The molecule has 0 aliphatic carbocycles. The lowest BCUT2D eigenvalue weighted by atomic mass is 10.3. The fourth-order valence-corrected chi connectivity index (χ4v) is 1.75. The Morgan fingerprint density at radius 3 is 2.47 bits per heavy atom. The molecule has 0 spiro atoms.